The van der Waals surface area contributed by atoms with Crippen LogP contribution in [0, 0.1) is 13.8 Å². The standard InChI is InChI=1S/C19H17BrN4O/c1-12-6-13(2)8-17(7-12)24-19-21-10-14(11-22-19)18(25)23-16-5-3-4-15(20)9-16/h3-11H,1-2H3,(H,23,25)(H,21,22,24). The van der Waals surface area contributed by atoms with Gasteiger partial charge >= 0.3 is 0 Å². The third-order valence-electron chi connectivity index (χ3n) is 3.47. The predicted molar refractivity (Wildman–Crippen MR) is 103 cm³/mol. The fourth-order valence-electron chi connectivity index (χ4n) is 2.46. The molecule has 25 heavy (non-hydrogen) atoms. The van der Waals surface area contributed by atoms with E-state index in [1.807, 2.05) is 50.2 Å². The molecule has 0 bridgehead atoms. The number of aromatic nitrogens is 2. The van der Waals surface area contributed by atoms with Crippen LogP contribution in [0.15, 0.2) is 59.3 Å². The van der Waals surface area contributed by atoms with E-state index in [-0.39, 0.29) is 5.91 Å². The van der Waals surface area contributed by atoms with E-state index in [1.54, 1.807) is 0 Å². The minimum absolute atomic E-state index is 0.254. The summed E-state index contributed by atoms with van der Waals surface area (Å²) >= 11 is 3.38. The van der Waals surface area contributed by atoms with Gasteiger partial charge in [0.05, 0.1) is 5.56 Å². The number of nitrogens with one attached hydrogen (secondary N) is 2. The SMILES string of the molecule is Cc1cc(C)cc(Nc2ncc(C(=O)Nc3cccc(Br)c3)cn2)c1. The van der Waals surface area contributed by atoms with Crippen molar-refractivity contribution in [2.45, 2.75) is 13.8 Å². The molecule has 0 aliphatic rings. The average Bonchev–Trinajstić information content (AvgIpc) is 2.54. The van der Waals surface area contributed by atoms with E-state index in [2.05, 4.69) is 42.6 Å². The summed E-state index contributed by atoms with van der Waals surface area (Å²) in [5, 5.41) is 5.96. The monoisotopic (exact) mass is 396 g/mol. The highest BCUT2D eigenvalue weighted by molar-refractivity contribution is 9.10. The first-order chi connectivity index (χ1) is 12.0. The van der Waals surface area contributed by atoms with Crippen LogP contribution in [0.25, 0.3) is 0 Å². The molecule has 126 valence electrons. The molecule has 3 rings (SSSR count). The molecule has 0 atom stereocenters. The lowest BCUT2D eigenvalue weighted by Gasteiger charge is -2.08. The van der Waals surface area contributed by atoms with Crippen molar-refractivity contribution in [3.8, 4) is 0 Å². The molecule has 0 radical (unpaired) electrons. The number of carbonyl (C=O) groups is 1. The Balaban J connectivity index is 1.70. The molecule has 0 saturated carbocycles. The fraction of sp³-hybridized carbons (Fsp3) is 0.105. The van der Waals surface area contributed by atoms with Gasteiger partial charge in [0.15, 0.2) is 0 Å². The Bertz CT molecular complexity index is 889. The van der Waals surface area contributed by atoms with E-state index >= 15 is 0 Å². The molecule has 2 N–H and O–H groups in total. The Labute approximate surface area is 154 Å². The number of benzene rings is 2. The number of carbonyl (C=O) groups excluding carboxylic acids is 1. The Morgan fingerprint density at radius 1 is 0.960 bits per heavy atom. The first-order valence-electron chi connectivity index (χ1n) is 7.74. The molecule has 1 aromatic heterocycles. The number of amides is 1. The minimum atomic E-state index is -0.254. The van der Waals surface area contributed by atoms with E-state index in [9.17, 15) is 4.79 Å². The van der Waals surface area contributed by atoms with Crippen LogP contribution in [0.4, 0.5) is 17.3 Å². The van der Waals surface area contributed by atoms with Gasteiger partial charge in [0.25, 0.3) is 5.91 Å². The summed E-state index contributed by atoms with van der Waals surface area (Å²) < 4.78 is 0.898. The number of aryl methyl sites for hydroxylation is 2. The molecule has 6 heteroatoms. The number of hydrogen-bond donors (Lipinski definition) is 2. The second kappa shape index (κ2) is 7.44. The van der Waals surface area contributed by atoms with Crippen molar-refractivity contribution in [1.29, 1.82) is 0 Å². The first kappa shape index (κ1) is 17.1. The van der Waals surface area contributed by atoms with Crippen LogP contribution in [0.2, 0.25) is 0 Å². The second-order valence-electron chi connectivity index (χ2n) is 5.76. The smallest absolute Gasteiger partial charge is 0.258 e. The third-order valence-corrected chi connectivity index (χ3v) is 3.97. The van der Waals surface area contributed by atoms with Crippen LogP contribution in [0.1, 0.15) is 21.5 Å². The summed E-state index contributed by atoms with van der Waals surface area (Å²) in [7, 11) is 0. The van der Waals surface area contributed by atoms with Crippen LogP contribution in [-0.4, -0.2) is 15.9 Å². The van der Waals surface area contributed by atoms with Gasteiger partial charge in [-0.2, -0.15) is 0 Å². The summed E-state index contributed by atoms with van der Waals surface area (Å²) in [4.78, 5) is 20.7. The molecule has 0 saturated heterocycles. The molecule has 0 aliphatic heterocycles. The lowest BCUT2D eigenvalue weighted by Crippen LogP contribution is -2.13. The van der Waals surface area contributed by atoms with Crippen LogP contribution < -0.4 is 10.6 Å². The van der Waals surface area contributed by atoms with Gasteiger partial charge in [-0.3, -0.25) is 4.79 Å². The van der Waals surface area contributed by atoms with Gasteiger partial charge in [0.2, 0.25) is 5.95 Å². The molecule has 2 aromatic carbocycles. The van der Waals surface area contributed by atoms with Crippen LogP contribution in [0.3, 0.4) is 0 Å². The highest BCUT2D eigenvalue weighted by atomic mass is 79.9. The average molecular weight is 397 g/mol. The predicted octanol–water partition coefficient (Wildman–Crippen LogP) is 4.85. The van der Waals surface area contributed by atoms with Crippen molar-refractivity contribution >= 4 is 39.2 Å². The molecule has 1 amide bonds. The van der Waals surface area contributed by atoms with Crippen LogP contribution in [-0.2, 0) is 0 Å². The minimum Gasteiger partial charge on any atom is -0.324 e. The number of anilines is 3. The third kappa shape index (κ3) is 4.64. The van der Waals surface area contributed by atoms with E-state index in [1.165, 1.54) is 12.4 Å². The molecule has 0 unspecified atom stereocenters. The van der Waals surface area contributed by atoms with E-state index < -0.39 is 0 Å². The first-order valence-corrected chi connectivity index (χ1v) is 8.53. The van der Waals surface area contributed by atoms with Crippen molar-refractivity contribution in [1.82, 2.24) is 9.97 Å². The summed E-state index contributed by atoms with van der Waals surface area (Å²) in [6.45, 7) is 4.07. The van der Waals surface area contributed by atoms with Crippen molar-refractivity contribution < 1.29 is 4.79 Å². The largest absolute Gasteiger partial charge is 0.324 e. The summed E-state index contributed by atoms with van der Waals surface area (Å²) in [5.74, 6) is 0.194. The van der Waals surface area contributed by atoms with Gasteiger partial charge in [0.1, 0.15) is 0 Å². The maximum atomic E-state index is 12.3. The summed E-state index contributed by atoms with van der Waals surface area (Å²) in [5.41, 5.74) is 4.34. The number of nitrogens with zero attached hydrogens (tertiary/aromatic N) is 2. The van der Waals surface area contributed by atoms with Crippen molar-refractivity contribution in [2.75, 3.05) is 10.6 Å². The molecule has 0 spiro atoms. The molecule has 5 nitrogen and oxygen atoms in total. The lowest BCUT2D eigenvalue weighted by molar-refractivity contribution is 0.102. The normalized spacial score (nSPS) is 10.4. The van der Waals surface area contributed by atoms with E-state index in [4.69, 9.17) is 0 Å². The highest BCUT2D eigenvalue weighted by Gasteiger charge is 2.08. The Morgan fingerprint density at radius 2 is 1.64 bits per heavy atom. The summed E-state index contributed by atoms with van der Waals surface area (Å²) in [6.07, 6.45) is 3.01. The maximum absolute atomic E-state index is 12.3. The Kier molecular flexibility index (Phi) is 5.09. The van der Waals surface area contributed by atoms with Crippen LogP contribution >= 0.6 is 15.9 Å². The van der Waals surface area contributed by atoms with Gasteiger partial charge in [0, 0.05) is 28.2 Å². The van der Waals surface area contributed by atoms with Crippen LogP contribution in [0.5, 0.6) is 0 Å². The van der Waals surface area contributed by atoms with Crippen molar-refractivity contribution in [3.63, 3.8) is 0 Å². The lowest BCUT2D eigenvalue weighted by atomic mass is 10.1. The highest BCUT2D eigenvalue weighted by Crippen LogP contribution is 2.18. The fourth-order valence-corrected chi connectivity index (χ4v) is 2.85. The molecular formula is C19H17BrN4O. The molecule has 1 heterocycles. The zero-order valence-electron chi connectivity index (χ0n) is 13.9. The molecule has 0 aliphatic carbocycles. The van der Waals surface area contributed by atoms with Gasteiger partial charge in [-0.15, -0.1) is 0 Å². The maximum Gasteiger partial charge on any atom is 0.258 e. The topological polar surface area (TPSA) is 66.9 Å². The van der Waals surface area contributed by atoms with Crippen molar-refractivity contribution in [2.24, 2.45) is 0 Å². The van der Waals surface area contributed by atoms with Crippen molar-refractivity contribution in [3.05, 3.63) is 76.0 Å². The quantitative estimate of drug-likeness (QED) is 0.661. The van der Waals surface area contributed by atoms with Gasteiger partial charge in [-0.1, -0.05) is 28.1 Å². The van der Waals surface area contributed by atoms with Gasteiger partial charge < -0.3 is 10.6 Å². The van der Waals surface area contributed by atoms with Gasteiger partial charge in [-0.05, 0) is 55.3 Å². The zero-order valence-corrected chi connectivity index (χ0v) is 15.5. The number of halogens is 1. The number of hydrogen-bond acceptors (Lipinski definition) is 4. The number of rotatable bonds is 4. The summed E-state index contributed by atoms with van der Waals surface area (Å²) in [6, 6.07) is 13.5. The molecular weight excluding hydrogens is 380 g/mol. The van der Waals surface area contributed by atoms with E-state index in [0.717, 1.165) is 21.3 Å². The second-order valence-corrected chi connectivity index (χ2v) is 6.68. The molecule has 0 fully saturated rings. The zero-order chi connectivity index (χ0) is 17.8. The van der Waals surface area contributed by atoms with E-state index in [0.29, 0.717) is 17.2 Å². The Morgan fingerprint density at radius 3 is 2.28 bits per heavy atom. The molecule has 3 aromatic rings. The van der Waals surface area contributed by atoms with Gasteiger partial charge in [-0.25, -0.2) is 9.97 Å². The Hall–Kier alpha value is -2.73.